The molecule has 1 aromatic heterocycles. The number of likely N-dealkylation sites (tertiary alicyclic amines) is 1. The van der Waals surface area contributed by atoms with Gasteiger partial charge in [-0.2, -0.15) is 0 Å². The van der Waals surface area contributed by atoms with Crippen LogP contribution in [0.4, 0.5) is 17.3 Å². The van der Waals surface area contributed by atoms with Crippen molar-refractivity contribution in [2.45, 2.75) is 38.6 Å². The van der Waals surface area contributed by atoms with Gasteiger partial charge in [0, 0.05) is 25.7 Å². The summed E-state index contributed by atoms with van der Waals surface area (Å²) in [5.41, 5.74) is 12.1. The van der Waals surface area contributed by atoms with Crippen molar-refractivity contribution in [2.75, 3.05) is 36.0 Å². The summed E-state index contributed by atoms with van der Waals surface area (Å²) in [5.74, 6) is 1.54. The molecule has 1 aromatic rings. The highest BCUT2D eigenvalue weighted by Crippen LogP contribution is 2.29. The molecule has 6 heteroatoms. The molecule has 2 unspecified atom stereocenters. The number of rotatable bonds is 2. The number of nitrogens with zero attached hydrogens (tertiary/aromatic N) is 3. The van der Waals surface area contributed by atoms with Crippen LogP contribution in [0, 0.1) is 5.92 Å². The van der Waals surface area contributed by atoms with E-state index in [2.05, 4.69) is 16.8 Å². The molecule has 2 saturated heterocycles. The Kier molecular flexibility index (Phi) is 4.09. The summed E-state index contributed by atoms with van der Waals surface area (Å²) in [7, 11) is 0. The van der Waals surface area contributed by atoms with Crippen molar-refractivity contribution in [1.82, 2.24) is 9.88 Å². The van der Waals surface area contributed by atoms with Crippen molar-refractivity contribution in [3.05, 3.63) is 12.1 Å². The largest absolute Gasteiger partial charge is 0.396 e. The lowest BCUT2D eigenvalue weighted by Gasteiger charge is -2.39. The van der Waals surface area contributed by atoms with Crippen LogP contribution in [0.25, 0.3) is 0 Å². The molecule has 2 aliphatic rings. The fourth-order valence-electron chi connectivity index (χ4n) is 3.46. The van der Waals surface area contributed by atoms with E-state index in [0.29, 0.717) is 30.0 Å². The molecule has 22 heavy (non-hydrogen) atoms. The molecule has 4 N–H and O–H groups in total. The molecule has 0 spiro atoms. The van der Waals surface area contributed by atoms with Gasteiger partial charge in [-0.05, 0) is 44.7 Å². The Labute approximate surface area is 131 Å². The molecule has 2 atom stereocenters. The number of amides is 1. The van der Waals surface area contributed by atoms with Crippen LogP contribution in [-0.2, 0) is 4.79 Å². The van der Waals surface area contributed by atoms with Crippen molar-refractivity contribution in [3.8, 4) is 0 Å². The Morgan fingerprint density at radius 1 is 1.23 bits per heavy atom. The van der Waals surface area contributed by atoms with Crippen molar-refractivity contribution < 1.29 is 4.79 Å². The van der Waals surface area contributed by atoms with Crippen LogP contribution >= 0.6 is 0 Å². The summed E-state index contributed by atoms with van der Waals surface area (Å²) >= 11 is 0. The number of aromatic nitrogens is 1. The third kappa shape index (κ3) is 2.82. The minimum absolute atomic E-state index is 0.0647. The maximum Gasteiger partial charge on any atom is 0.227 e. The van der Waals surface area contributed by atoms with Gasteiger partial charge >= 0.3 is 0 Å². The van der Waals surface area contributed by atoms with Crippen LogP contribution in [0.3, 0.4) is 0 Å². The third-order valence-electron chi connectivity index (χ3n) is 4.89. The Morgan fingerprint density at radius 3 is 2.64 bits per heavy atom. The van der Waals surface area contributed by atoms with Gasteiger partial charge in [-0.15, -0.1) is 0 Å². The molecule has 0 aliphatic carbocycles. The predicted octanol–water partition coefficient (Wildman–Crippen LogP) is 1.47. The molecule has 0 aromatic carbocycles. The van der Waals surface area contributed by atoms with Gasteiger partial charge in [0.05, 0.1) is 11.6 Å². The average molecular weight is 303 g/mol. The van der Waals surface area contributed by atoms with Crippen molar-refractivity contribution in [2.24, 2.45) is 5.92 Å². The molecular weight excluding hydrogens is 278 g/mol. The van der Waals surface area contributed by atoms with Crippen LogP contribution in [0.5, 0.6) is 0 Å². The molecule has 2 fully saturated rings. The highest BCUT2D eigenvalue weighted by molar-refractivity contribution is 5.80. The fourth-order valence-corrected chi connectivity index (χ4v) is 3.46. The van der Waals surface area contributed by atoms with Gasteiger partial charge < -0.3 is 21.3 Å². The highest BCUT2D eigenvalue weighted by atomic mass is 16.2. The van der Waals surface area contributed by atoms with E-state index in [-0.39, 0.29) is 5.92 Å². The first kappa shape index (κ1) is 14.9. The number of nitrogens with two attached hydrogens (primary N) is 2. The predicted molar refractivity (Wildman–Crippen MR) is 88.4 cm³/mol. The summed E-state index contributed by atoms with van der Waals surface area (Å²) in [6.07, 6.45) is 4.22. The maximum atomic E-state index is 12.6. The maximum absolute atomic E-state index is 12.6. The lowest BCUT2D eigenvalue weighted by Crippen LogP contribution is -2.48. The number of carbonyl (C=O) groups excluding carboxylic acids is 1. The number of hydrogen-bond acceptors (Lipinski definition) is 5. The summed E-state index contributed by atoms with van der Waals surface area (Å²) in [6.45, 7) is 4.72. The normalized spacial score (nSPS) is 25.5. The van der Waals surface area contributed by atoms with Crippen LogP contribution in [-0.4, -0.2) is 41.5 Å². The SMILES string of the molecule is CC1CCC(C(=O)N2CCCC2)CN1c1ccc(N)c(N)n1. The first-order chi connectivity index (χ1) is 10.6. The minimum Gasteiger partial charge on any atom is -0.396 e. The van der Waals surface area contributed by atoms with Crippen LogP contribution in [0.2, 0.25) is 0 Å². The molecule has 0 radical (unpaired) electrons. The quantitative estimate of drug-likeness (QED) is 0.864. The highest BCUT2D eigenvalue weighted by Gasteiger charge is 2.33. The van der Waals surface area contributed by atoms with E-state index >= 15 is 0 Å². The lowest BCUT2D eigenvalue weighted by atomic mass is 9.92. The smallest absolute Gasteiger partial charge is 0.227 e. The zero-order chi connectivity index (χ0) is 15.7. The van der Waals surface area contributed by atoms with Gasteiger partial charge in [0.2, 0.25) is 5.91 Å². The molecular formula is C16H25N5O. The summed E-state index contributed by atoms with van der Waals surface area (Å²) < 4.78 is 0. The van der Waals surface area contributed by atoms with E-state index in [1.165, 1.54) is 0 Å². The van der Waals surface area contributed by atoms with Gasteiger partial charge in [0.25, 0.3) is 0 Å². The topological polar surface area (TPSA) is 88.5 Å². The molecule has 0 bridgehead atoms. The number of anilines is 3. The van der Waals surface area contributed by atoms with Gasteiger partial charge in [0.1, 0.15) is 11.6 Å². The van der Waals surface area contributed by atoms with Crippen molar-refractivity contribution in [1.29, 1.82) is 0 Å². The number of pyridine rings is 1. The molecule has 0 saturated carbocycles. The van der Waals surface area contributed by atoms with Gasteiger partial charge in [-0.1, -0.05) is 0 Å². The van der Waals surface area contributed by atoms with Crippen molar-refractivity contribution >= 4 is 23.2 Å². The van der Waals surface area contributed by atoms with E-state index in [1.807, 2.05) is 11.0 Å². The summed E-state index contributed by atoms with van der Waals surface area (Å²) in [6, 6.07) is 4.04. The Balaban J connectivity index is 1.75. The number of piperidine rings is 1. The molecule has 3 heterocycles. The second kappa shape index (κ2) is 6.02. The van der Waals surface area contributed by atoms with E-state index in [9.17, 15) is 4.79 Å². The van der Waals surface area contributed by atoms with Crippen molar-refractivity contribution in [3.63, 3.8) is 0 Å². The first-order valence-corrected chi connectivity index (χ1v) is 8.13. The number of carbonyl (C=O) groups is 1. The number of hydrogen-bond donors (Lipinski definition) is 2. The van der Waals surface area contributed by atoms with Gasteiger partial charge in [-0.25, -0.2) is 4.98 Å². The minimum atomic E-state index is 0.0647. The standard InChI is InChI=1S/C16H25N5O/c1-11-4-5-12(16(22)20-8-2-3-9-20)10-21(11)14-7-6-13(17)15(18)19-14/h6-7,11-12H,2-5,8-10,17H2,1H3,(H2,18,19). The number of nitrogen functional groups attached to an aromatic ring is 2. The zero-order valence-electron chi connectivity index (χ0n) is 13.2. The molecule has 120 valence electrons. The molecule has 6 nitrogen and oxygen atoms in total. The second-order valence-electron chi connectivity index (χ2n) is 6.45. The zero-order valence-corrected chi connectivity index (χ0v) is 13.2. The Morgan fingerprint density at radius 2 is 1.95 bits per heavy atom. The van der Waals surface area contributed by atoms with E-state index in [0.717, 1.165) is 44.6 Å². The van der Waals surface area contributed by atoms with E-state index in [1.54, 1.807) is 6.07 Å². The summed E-state index contributed by atoms with van der Waals surface area (Å²) in [5, 5.41) is 0. The summed E-state index contributed by atoms with van der Waals surface area (Å²) in [4.78, 5) is 21.2. The van der Waals surface area contributed by atoms with E-state index in [4.69, 9.17) is 11.5 Å². The monoisotopic (exact) mass is 303 g/mol. The van der Waals surface area contributed by atoms with Crippen LogP contribution in [0.15, 0.2) is 12.1 Å². The molecule has 2 aliphatic heterocycles. The fraction of sp³-hybridized carbons (Fsp3) is 0.625. The first-order valence-electron chi connectivity index (χ1n) is 8.13. The Hall–Kier alpha value is -1.98. The lowest BCUT2D eigenvalue weighted by molar-refractivity contribution is -0.134. The second-order valence-corrected chi connectivity index (χ2v) is 6.45. The van der Waals surface area contributed by atoms with Gasteiger partial charge in [-0.3, -0.25) is 4.79 Å². The third-order valence-corrected chi connectivity index (χ3v) is 4.89. The molecule has 1 amide bonds. The van der Waals surface area contributed by atoms with Gasteiger partial charge in [0.15, 0.2) is 0 Å². The average Bonchev–Trinajstić information content (AvgIpc) is 3.04. The van der Waals surface area contributed by atoms with Crippen LogP contribution < -0.4 is 16.4 Å². The molecule has 3 rings (SSSR count). The Bertz CT molecular complexity index is 555. The van der Waals surface area contributed by atoms with E-state index < -0.39 is 0 Å². The van der Waals surface area contributed by atoms with Crippen LogP contribution in [0.1, 0.15) is 32.6 Å².